The third kappa shape index (κ3) is 2.70. The standard InChI is InChI=1S/C17H20N4O3/c1-20-11-18-19-16(20)12-5-4-8-21(9-12)17(22)15-10-23-13-6-2-3-7-14(13)24-15/h2-3,6-7,11-12,15H,4-5,8-10H2,1H3/t12-,15-/m0/s1. The lowest BCUT2D eigenvalue weighted by molar-refractivity contribution is -0.142. The molecule has 126 valence electrons. The van der Waals surface area contributed by atoms with Gasteiger partial charge < -0.3 is 18.9 Å². The molecule has 0 bridgehead atoms. The van der Waals surface area contributed by atoms with Crippen molar-refractivity contribution in [1.29, 1.82) is 0 Å². The first-order valence-electron chi connectivity index (χ1n) is 8.23. The molecule has 0 saturated carbocycles. The molecule has 3 heterocycles. The number of benzene rings is 1. The van der Waals surface area contributed by atoms with Gasteiger partial charge in [-0.25, -0.2) is 0 Å². The van der Waals surface area contributed by atoms with Crippen LogP contribution in [0.2, 0.25) is 0 Å². The summed E-state index contributed by atoms with van der Waals surface area (Å²) < 4.78 is 13.4. The van der Waals surface area contributed by atoms with Gasteiger partial charge in [-0.05, 0) is 25.0 Å². The average molecular weight is 328 g/mol. The summed E-state index contributed by atoms with van der Waals surface area (Å²) >= 11 is 0. The van der Waals surface area contributed by atoms with E-state index in [2.05, 4.69) is 10.2 Å². The van der Waals surface area contributed by atoms with Crippen LogP contribution in [-0.4, -0.2) is 51.4 Å². The van der Waals surface area contributed by atoms with Crippen LogP contribution < -0.4 is 9.47 Å². The van der Waals surface area contributed by atoms with Gasteiger partial charge in [0.25, 0.3) is 5.91 Å². The predicted molar refractivity (Wildman–Crippen MR) is 85.9 cm³/mol. The fraction of sp³-hybridized carbons (Fsp3) is 0.471. The molecule has 0 N–H and O–H groups in total. The van der Waals surface area contributed by atoms with Gasteiger partial charge in [0.1, 0.15) is 18.8 Å². The van der Waals surface area contributed by atoms with Gasteiger partial charge in [0.2, 0.25) is 6.10 Å². The van der Waals surface area contributed by atoms with E-state index in [0.717, 1.165) is 25.2 Å². The predicted octanol–water partition coefficient (Wildman–Crippen LogP) is 1.36. The van der Waals surface area contributed by atoms with Gasteiger partial charge in [-0.3, -0.25) is 4.79 Å². The highest BCUT2D eigenvalue weighted by molar-refractivity contribution is 5.82. The fourth-order valence-corrected chi connectivity index (χ4v) is 3.39. The first-order chi connectivity index (χ1) is 11.7. The van der Waals surface area contributed by atoms with Crippen LogP contribution in [0.3, 0.4) is 0 Å². The normalized spacial score (nSPS) is 23.1. The quantitative estimate of drug-likeness (QED) is 0.832. The van der Waals surface area contributed by atoms with Crippen molar-refractivity contribution in [2.24, 2.45) is 7.05 Å². The molecule has 1 saturated heterocycles. The molecule has 24 heavy (non-hydrogen) atoms. The lowest BCUT2D eigenvalue weighted by Crippen LogP contribution is -2.49. The number of para-hydroxylation sites is 2. The van der Waals surface area contributed by atoms with Crippen molar-refractivity contribution in [3.63, 3.8) is 0 Å². The molecule has 0 aliphatic carbocycles. The van der Waals surface area contributed by atoms with E-state index in [1.165, 1.54) is 0 Å². The van der Waals surface area contributed by atoms with Crippen LogP contribution in [0.1, 0.15) is 24.6 Å². The number of ether oxygens (including phenoxy) is 2. The molecular formula is C17H20N4O3. The third-order valence-corrected chi connectivity index (χ3v) is 4.63. The average Bonchev–Trinajstić information content (AvgIpc) is 3.07. The highest BCUT2D eigenvalue weighted by atomic mass is 16.6. The Labute approximate surface area is 140 Å². The Morgan fingerprint density at radius 3 is 2.92 bits per heavy atom. The summed E-state index contributed by atoms with van der Waals surface area (Å²) in [6, 6.07) is 7.44. The molecule has 2 aliphatic rings. The maximum Gasteiger partial charge on any atom is 0.267 e. The molecule has 4 rings (SSSR count). The van der Waals surface area contributed by atoms with Crippen LogP contribution >= 0.6 is 0 Å². The van der Waals surface area contributed by atoms with Gasteiger partial charge >= 0.3 is 0 Å². The Balaban J connectivity index is 1.46. The lowest BCUT2D eigenvalue weighted by atomic mass is 9.96. The van der Waals surface area contributed by atoms with Crippen LogP contribution in [0.25, 0.3) is 0 Å². The zero-order valence-corrected chi connectivity index (χ0v) is 13.6. The number of piperidine rings is 1. The summed E-state index contributed by atoms with van der Waals surface area (Å²) in [6.07, 6.45) is 3.08. The van der Waals surface area contributed by atoms with Crippen molar-refractivity contribution in [2.45, 2.75) is 24.9 Å². The first kappa shape index (κ1) is 15.0. The molecule has 7 nitrogen and oxygen atoms in total. The third-order valence-electron chi connectivity index (χ3n) is 4.63. The molecule has 1 fully saturated rings. The second-order valence-corrected chi connectivity index (χ2v) is 6.29. The Morgan fingerprint density at radius 1 is 1.29 bits per heavy atom. The largest absolute Gasteiger partial charge is 0.485 e. The second-order valence-electron chi connectivity index (χ2n) is 6.29. The minimum Gasteiger partial charge on any atom is -0.485 e. The molecule has 1 amide bonds. The van der Waals surface area contributed by atoms with Gasteiger partial charge in [0.15, 0.2) is 11.5 Å². The number of amides is 1. The van der Waals surface area contributed by atoms with Crippen molar-refractivity contribution in [3.8, 4) is 11.5 Å². The topological polar surface area (TPSA) is 69.5 Å². The molecule has 0 spiro atoms. The Morgan fingerprint density at radius 2 is 2.12 bits per heavy atom. The first-order valence-corrected chi connectivity index (χ1v) is 8.23. The van der Waals surface area contributed by atoms with Crippen LogP contribution in [-0.2, 0) is 11.8 Å². The van der Waals surface area contributed by atoms with E-state index in [4.69, 9.17) is 9.47 Å². The number of hydrogen-bond acceptors (Lipinski definition) is 5. The Bertz CT molecular complexity index is 745. The van der Waals surface area contributed by atoms with Crippen molar-refractivity contribution in [2.75, 3.05) is 19.7 Å². The van der Waals surface area contributed by atoms with Crippen molar-refractivity contribution in [1.82, 2.24) is 19.7 Å². The maximum absolute atomic E-state index is 12.8. The maximum atomic E-state index is 12.8. The minimum atomic E-state index is -0.585. The molecule has 7 heteroatoms. The number of aryl methyl sites for hydroxylation is 1. The molecule has 1 aromatic heterocycles. The monoisotopic (exact) mass is 328 g/mol. The number of fused-ring (bicyclic) bond motifs is 1. The molecule has 2 aliphatic heterocycles. The van der Waals surface area contributed by atoms with Gasteiger partial charge in [0.05, 0.1) is 0 Å². The summed E-state index contributed by atoms with van der Waals surface area (Å²) in [5, 5.41) is 8.14. The zero-order chi connectivity index (χ0) is 16.5. The van der Waals surface area contributed by atoms with Crippen LogP contribution in [0.15, 0.2) is 30.6 Å². The van der Waals surface area contributed by atoms with Crippen LogP contribution in [0.4, 0.5) is 0 Å². The summed E-state index contributed by atoms with van der Waals surface area (Å²) in [5.41, 5.74) is 0. The number of carbonyl (C=O) groups is 1. The van der Waals surface area contributed by atoms with E-state index in [1.54, 1.807) is 6.33 Å². The summed E-state index contributed by atoms with van der Waals surface area (Å²) in [5.74, 6) is 2.45. The minimum absolute atomic E-state index is 0.0172. The lowest BCUT2D eigenvalue weighted by Gasteiger charge is -2.35. The van der Waals surface area contributed by atoms with Crippen LogP contribution in [0.5, 0.6) is 11.5 Å². The number of rotatable bonds is 2. The smallest absolute Gasteiger partial charge is 0.267 e. The van der Waals surface area contributed by atoms with Gasteiger partial charge in [-0.1, -0.05) is 12.1 Å². The highest BCUT2D eigenvalue weighted by Gasteiger charge is 2.34. The van der Waals surface area contributed by atoms with E-state index < -0.39 is 6.10 Å². The molecule has 0 unspecified atom stereocenters. The van der Waals surface area contributed by atoms with Crippen molar-refractivity contribution in [3.05, 3.63) is 36.4 Å². The number of likely N-dealkylation sites (tertiary alicyclic amines) is 1. The molecular weight excluding hydrogens is 308 g/mol. The number of nitrogens with zero attached hydrogens (tertiary/aromatic N) is 4. The Hall–Kier alpha value is -2.57. The van der Waals surface area contributed by atoms with E-state index in [1.807, 2.05) is 40.8 Å². The summed E-state index contributed by atoms with van der Waals surface area (Å²) in [7, 11) is 1.94. The molecule has 1 aromatic carbocycles. The van der Waals surface area contributed by atoms with E-state index in [9.17, 15) is 4.79 Å². The number of carbonyl (C=O) groups excluding carboxylic acids is 1. The van der Waals surface area contributed by atoms with E-state index in [0.29, 0.717) is 18.0 Å². The SMILES string of the molecule is Cn1cnnc1[C@H]1CCCN(C(=O)[C@@H]2COc3ccccc3O2)C1. The highest BCUT2D eigenvalue weighted by Crippen LogP contribution is 2.32. The van der Waals surface area contributed by atoms with Gasteiger partial charge in [0, 0.05) is 26.1 Å². The van der Waals surface area contributed by atoms with Gasteiger partial charge in [-0.15, -0.1) is 10.2 Å². The van der Waals surface area contributed by atoms with E-state index in [-0.39, 0.29) is 18.4 Å². The zero-order valence-electron chi connectivity index (χ0n) is 13.6. The van der Waals surface area contributed by atoms with E-state index >= 15 is 0 Å². The molecule has 2 atom stereocenters. The van der Waals surface area contributed by atoms with Crippen molar-refractivity contribution < 1.29 is 14.3 Å². The van der Waals surface area contributed by atoms with Crippen molar-refractivity contribution >= 4 is 5.91 Å². The Kier molecular flexibility index (Phi) is 3.84. The van der Waals surface area contributed by atoms with Crippen LogP contribution in [0, 0.1) is 0 Å². The summed E-state index contributed by atoms with van der Waals surface area (Å²) in [6.45, 7) is 1.64. The molecule has 0 radical (unpaired) electrons. The fourth-order valence-electron chi connectivity index (χ4n) is 3.39. The van der Waals surface area contributed by atoms with Gasteiger partial charge in [-0.2, -0.15) is 0 Å². The number of hydrogen-bond donors (Lipinski definition) is 0. The number of aromatic nitrogens is 3. The second kappa shape index (κ2) is 6.14. The molecule has 2 aromatic rings. The summed E-state index contributed by atoms with van der Waals surface area (Å²) in [4.78, 5) is 14.7.